The molecule has 1 fully saturated rings. The summed E-state index contributed by atoms with van der Waals surface area (Å²) < 4.78 is 5.83. The van der Waals surface area contributed by atoms with Crippen molar-refractivity contribution in [2.45, 2.75) is 51.7 Å². The number of halogens is 1. The van der Waals surface area contributed by atoms with Gasteiger partial charge < -0.3 is 4.74 Å². The summed E-state index contributed by atoms with van der Waals surface area (Å²) in [5.41, 5.74) is -0.478. The highest BCUT2D eigenvalue weighted by Crippen LogP contribution is 2.39. The molecule has 0 atom stereocenters. The first-order valence-corrected chi connectivity index (χ1v) is 4.99. The minimum absolute atomic E-state index is 0.0552. The molecule has 0 spiro atoms. The maximum atomic E-state index is 11.1. The van der Waals surface area contributed by atoms with Crippen molar-refractivity contribution < 1.29 is 9.53 Å². The second-order valence-corrected chi connectivity index (χ2v) is 5.40. The van der Waals surface area contributed by atoms with Crippen molar-refractivity contribution >= 4 is 16.8 Å². The van der Waals surface area contributed by atoms with Crippen LogP contribution in [0.25, 0.3) is 0 Å². The van der Waals surface area contributed by atoms with Gasteiger partial charge in [-0.3, -0.25) is 4.79 Å². The first-order chi connectivity index (χ1) is 5.72. The maximum absolute atomic E-state index is 11.1. The summed E-state index contributed by atoms with van der Waals surface area (Å²) in [5, 5.41) is -0.232. The summed E-state index contributed by atoms with van der Waals surface area (Å²) in [6.07, 6.45) is 1.44. The lowest BCUT2D eigenvalue weighted by Gasteiger charge is -2.44. The van der Waals surface area contributed by atoms with Crippen molar-refractivity contribution in [2.24, 2.45) is 5.92 Å². The number of hydrogen-bond donors (Lipinski definition) is 0. The number of rotatable bonds is 1. The highest BCUT2D eigenvalue weighted by molar-refractivity contribution is 6.64. The Labute approximate surface area is 84.6 Å². The number of ether oxygens (including phenoxy) is 1. The molecule has 0 saturated carbocycles. The third kappa shape index (κ3) is 2.96. The van der Waals surface area contributed by atoms with Crippen LogP contribution >= 0.6 is 11.6 Å². The van der Waals surface area contributed by atoms with Crippen LogP contribution in [0.1, 0.15) is 40.5 Å². The van der Waals surface area contributed by atoms with E-state index >= 15 is 0 Å². The zero-order valence-electron chi connectivity index (χ0n) is 8.69. The highest BCUT2D eigenvalue weighted by Gasteiger charge is 2.41. The molecule has 0 unspecified atom stereocenters. The van der Waals surface area contributed by atoms with Crippen LogP contribution in [0.15, 0.2) is 0 Å². The minimum atomic E-state index is -0.239. The Morgan fingerprint density at radius 2 is 1.62 bits per heavy atom. The molecule has 1 aliphatic rings. The molecule has 1 rings (SSSR count). The fourth-order valence-electron chi connectivity index (χ4n) is 2.25. The molecule has 1 aliphatic heterocycles. The van der Waals surface area contributed by atoms with Gasteiger partial charge >= 0.3 is 0 Å². The Morgan fingerprint density at radius 3 is 1.92 bits per heavy atom. The lowest BCUT2D eigenvalue weighted by atomic mass is 9.81. The SMILES string of the molecule is CC1(C)CC(C(=O)Cl)CC(C)(C)O1. The van der Waals surface area contributed by atoms with Crippen LogP contribution in [0.5, 0.6) is 0 Å². The van der Waals surface area contributed by atoms with Crippen LogP contribution in [0.4, 0.5) is 0 Å². The van der Waals surface area contributed by atoms with Crippen molar-refractivity contribution in [2.75, 3.05) is 0 Å². The van der Waals surface area contributed by atoms with Gasteiger partial charge in [-0.25, -0.2) is 0 Å². The third-order valence-corrected chi connectivity index (χ3v) is 2.66. The summed E-state index contributed by atoms with van der Waals surface area (Å²) in [6.45, 7) is 8.00. The van der Waals surface area contributed by atoms with Gasteiger partial charge in [0.2, 0.25) is 5.24 Å². The summed E-state index contributed by atoms with van der Waals surface area (Å²) in [7, 11) is 0. The molecule has 0 amide bonds. The molecule has 0 radical (unpaired) electrons. The monoisotopic (exact) mass is 204 g/mol. The second kappa shape index (κ2) is 3.25. The van der Waals surface area contributed by atoms with Gasteiger partial charge in [0.05, 0.1) is 11.2 Å². The van der Waals surface area contributed by atoms with Crippen molar-refractivity contribution in [3.63, 3.8) is 0 Å². The van der Waals surface area contributed by atoms with Crippen LogP contribution in [0.2, 0.25) is 0 Å². The molecule has 0 N–H and O–H groups in total. The molecule has 0 aromatic rings. The van der Waals surface area contributed by atoms with E-state index in [1.807, 2.05) is 27.7 Å². The zero-order chi connectivity index (χ0) is 10.3. The Bertz CT molecular complexity index is 205. The van der Waals surface area contributed by atoms with Crippen molar-refractivity contribution in [3.8, 4) is 0 Å². The fourth-order valence-corrected chi connectivity index (χ4v) is 2.41. The highest BCUT2D eigenvalue weighted by atomic mass is 35.5. The molecular weight excluding hydrogens is 188 g/mol. The smallest absolute Gasteiger partial charge is 0.224 e. The Balaban J connectivity index is 2.78. The van der Waals surface area contributed by atoms with Gasteiger partial charge in [-0.15, -0.1) is 0 Å². The molecule has 0 aromatic carbocycles. The molecule has 1 heterocycles. The van der Waals surface area contributed by atoms with Crippen LogP contribution in [-0.4, -0.2) is 16.4 Å². The molecule has 3 heteroatoms. The van der Waals surface area contributed by atoms with Crippen molar-refractivity contribution in [3.05, 3.63) is 0 Å². The van der Waals surface area contributed by atoms with E-state index < -0.39 is 0 Å². The van der Waals surface area contributed by atoms with Crippen molar-refractivity contribution in [1.82, 2.24) is 0 Å². The van der Waals surface area contributed by atoms with Crippen LogP contribution < -0.4 is 0 Å². The quantitative estimate of drug-likeness (QED) is 0.614. The average Bonchev–Trinajstić information content (AvgIpc) is 1.79. The first kappa shape index (κ1) is 11.0. The number of carbonyl (C=O) groups excluding carboxylic acids is 1. The Hall–Kier alpha value is -0.0800. The number of hydrogen-bond acceptors (Lipinski definition) is 2. The fraction of sp³-hybridized carbons (Fsp3) is 0.900. The second-order valence-electron chi connectivity index (χ2n) is 5.03. The molecule has 0 aliphatic carbocycles. The van der Waals surface area contributed by atoms with E-state index in [1.54, 1.807) is 0 Å². The van der Waals surface area contributed by atoms with Gasteiger partial charge in [0, 0.05) is 5.92 Å². The molecule has 0 aromatic heterocycles. The zero-order valence-corrected chi connectivity index (χ0v) is 9.44. The summed E-state index contributed by atoms with van der Waals surface area (Å²) in [5.74, 6) is -0.0552. The van der Waals surface area contributed by atoms with Gasteiger partial charge in [-0.05, 0) is 52.1 Å². The Kier molecular flexibility index (Phi) is 2.75. The van der Waals surface area contributed by atoms with E-state index in [4.69, 9.17) is 16.3 Å². The predicted molar refractivity (Wildman–Crippen MR) is 52.8 cm³/mol. The minimum Gasteiger partial charge on any atom is -0.370 e. The molecule has 13 heavy (non-hydrogen) atoms. The van der Waals surface area contributed by atoms with Gasteiger partial charge in [-0.1, -0.05) is 0 Å². The third-order valence-electron chi connectivity index (χ3n) is 2.35. The van der Waals surface area contributed by atoms with Gasteiger partial charge in [0.25, 0.3) is 0 Å². The van der Waals surface area contributed by atoms with Crippen LogP contribution in [0, 0.1) is 5.92 Å². The average molecular weight is 205 g/mol. The largest absolute Gasteiger partial charge is 0.370 e. The summed E-state index contributed by atoms with van der Waals surface area (Å²) >= 11 is 5.52. The van der Waals surface area contributed by atoms with E-state index in [0.717, 1.165) is 12.8 Å². The van der Waals surface area contributed by atoms with Crippen LogP contribution in [-0.2, 0) is 9.53 Å². The van der Waals surface area contributed by atoms with E-state index in [9.17, 15) is 4.79 Å². The van der Waals surface area contributed by atoms with E-state index in [1.165, 1.54) is 0 Å². The van der Waals surface area contributed by atoms with E-state index in [2.05, 4.69) is 0 Å². The molecular formula is C10H17ClO2. The van der Waals surface area contributed by atoms with E-state index in [-0.39, 0.29) is 22.4 Å². The van der Waals surface area contributed by atoms with Crippen LogP contribution in [0.3, 0.4) is 0 Å². The first-order valence-electron chi connectivity index (χ1n) is 4.61. The molecule has 0 bridgehead atoms. The standard InChI is InChI=1S/C10H17ClO2/c1-9(2)5-7(8(11)12)6-10(3,4)13-9/h7H,5-6H2,1-4H3. The van der Waals surface area contributed by atoms with Gasteiger partial charge in [-0.2, -0.15) is 0 Å². The normalized spacial score (nSPS) is 27.2. The predicted octanol–water partition coefficient (Wildman–Crippen LogP) is 2.74. The topological polar surface area (TPSA) is 26.3 Å². The molecule has 76 valence electrons. The number of carbonyl (C=O) groups is 1. The molecule has 2 nitrogen and oxygen atoms in total. The molecule has 1 saturated heterocycles. The lowest BCUT2D eigenvalue weighted by Crippen LogP contribution is -2.46. The van der Waals surface area contributed by atoms with Gasteiger partial charge in [0.15, 0.2) is 0 Å². The van der Waals surface area contributed by atoms with Crippen molar-refractivity contribution in [1.29, 1.82) is 0 Å². The maximum Gasteiger partial charge on any atom is 0.224 e. The lowest BCUT2D eigenvalue weighted by molar-refractivity contribution is -0.174. The summed E-state index contributed by atoms with van der Waals surface area (Å²) in [6, 6.07) is 0. The van der Waals surface area contributed by atoms with Gasteiger partial charge in [0.1, 0.15) is 0 Å². The Morgan fingerprint density at radius 1 is 1.23 bits per heavy atom. The summed E-state index contributed by atoms with van der Waals surface area (Å²) in [4.78, 5) is 11.1. The van der Waals surface area contributed by atoms with E-state index in [0.29, 0.717) is 0 Å².